The molecule has 0 aliphatic rings. The minimum Gasteiger partial charge on any atom is -0.399 e. The third-order valence-electron chi connectivity index (χ3n) is 2.63. The predicted molar refractivity (Wildman–Crippen MR) is 89.1 cm³/mol. The summed E-state index contributed by atoms with van der Waals surface area (Å²) in [6, 6.07) is 13.4. The van der Waals surface area contributed by atoms with Crippen LogP contribution in [0, 0.1) is 6.92 Å². The maximum absolute atomic E-state index is 11.9. The van der Waals surface area contributed by atoms with Crippen LogP contribution in [0.5, 0.6) is 0 Å². The molecule has 0 spiro atoms. The number of carbonyl (C=O) groups excluding carboxylic acids is 1. The monoisotopic (exact) mass is 350 g/mol. The lowest BCUT2D eigenvalue weighted by atomic mass is 10.2. The average molecular weight is 351 g/mol. The zero-order chi connectivity index (χ0) is 14.5. The SMILES string of the molecule is Cc1cccc(SCC(=O)Nc2ccc(N)cc2Br)c1. The van der Waals surface area contributed by atoms with Gasteiger partial charge in [0.25, 0.3) is 0 Å². The number of carbonyl (C=O) groups is 1. The van der Waals surface area contributed by atoms with Gasteiger partial charge in [0.05, 0.1) is 11.4 Å². The van der Waals surface area contributed by atoms with Crippen molar-refractivity contribution >= 4 is 45.0 Å². The molecular weight excluding hydrogens is 336 g/mol. The summed E-state index contributed by atoms with van der Waals surface area (Å²) >= 11 is 4.90. The smallest absolute Gasteiger partial charge is 0.234 e. The summed E-state index contributed by atoms with van der Waals surface area (Å²) in [6.45, 7) is 2.04. The first-order valence-electron chi connectivity index (χ1n) is 6.09. The van der Waals surface area contributed by atoms with E-state index in [1.54, 1.807) is 18.2 Å². The molecule has 5 heteroatoms. The second-order valence-electron chi connectivity index (χ2n) is 4.39. The number of anilines is 2. The zero-order valence-corrected chi connectivity index (χ0v) is 13.4. The molecular formula is C15H15BrN2OS. The van der Waals surface area contributed by atoms with Crippen molar-refractivity contribution in [3.63, 3.8) is 0 Å². The van der Waals surface area contributed by atoms with E-state index < -0.39 is 0 Å². The van der Waals surface area contributed by atoms with Gasteiger partial charge in [0.2, 0.25) is 5.91 Å². The molecule has 20 heavy (non-hydrogen) atoms. The minimum atomic E-state index is -0.0398. The largest absolute Gasteiger partial charge is 0.399 e. The van der Waals surface area contributed by atoms with Crippen LogP contribution in [0.4, 0.5) is 11.4 Å². The minimum absolute atomic E-state index is 0.0398. The average Bonchev–Trinajstić information content (AvgIpc) is 2.40. The number of rotatable bonds is 4. The molecule has 0 bridgehead atoms. The lowest BCUT2D eigenvalue weighted by Crippen LogP contribution is -2.14. The molecule has 0 aliphatic carbocycles. The second kappa shape index (κ2) is 6.81. The molecule has 104 valence electrons. The van der Waals surface area contributed by atoms with Crippen molar-refractivity contribution in [2.45, 2.75) is 11.8 Å². The van der Waals surface area contributed by atoms with E-state index in [0.29, 0.717) is 11.4 Å². The predicted octanol–water partition coefficient (Wildman–Crippen LogP) is 4.07. The molecule has 0 saturated heterocycles. The highest BCUT2D eigenvalue weighted by molar-refractivity contribution is 9.10. The lowest BCUT2D eigenvalue weighted by molar-refractivity contribution is -0.113. The summed E-state index contributed by atoms with van der Waals surface area (Å²) in [4.78, 5) is 13.0. The zero-order valence-electron chi connectivity index (χ0n) is 11.0. The van der Waals surface area contributed by atoms with E-state index in [4.69, 9.17) is 5.73 Å². The molecule has 2 aromatic rings. The summed E-state index contributed by atoms with van der Waals surface area (Å²) < 4.78 is 0.784. The topological polar surface area (TPSA) is 55.1 Å². The molecule has 3 nitrogen and oxygen atoms in total. The molecule has 0 aliphatic heterocycles. The summed E-state index contributed by atoms with van der Waals surface area (Å²) in [5, 5.41) is 2.86. The summed E-state index contributed by atoms with van der Waals surface area (Å²) in [7, 11) is 0. The Bertz CT molecular complexity index is 631. The van der Waals surface area contributed by atoms with Gasteiger partial charge in [-0.3, -0.25) is 4.79 Å². The molecule has 1 amide bonds. The van der Waals surface area contributed by atoms with Gasteiger partial charge in [0.1, 0.15) is 0 Å². The van der Waals surface area contributed by atoms with Gasteiger partial charge in [0, 0.05) is 15.1 Å². The molecule has 0 unspecified atom stereocenters. The van der Waals surface area contributed by atoms with Gasteiger partial charge in [-0.25, -0.2) is 0 Å². The van der Waals surface area contributed by atoms with Crippen LogP contribution in [0.25, 0.3) is 0 Å². The first-order valence-corrected chi connectivity index (χ1v) is 7.87. The number of nitrogens with one attached hydrogen (secondary N) is 1. The van der Waals surface area contributed by atoms with Crippen LogP contribution in [0.1, 0.15) is 5.56 Å². The van der Waals surface area contributed by atoms with Gasteiger partial charge in [-0.1, -0.05) is 17.7 Å². The van der Waals surface area contributed by atoms with E-state index in [-0.39, 0.29) is 5.91 Å². The van der Waals surface area contributed by atoms with Crippen LogP contribution in [-0.2, 0) is 4.79 Å². The van der Waals surface area contributed by atoms with E-state index in [1.165, 1.54) is 17.3 Å². The first kappa shape index (κ1) is 14.9. The molecule has 0 heterocycles. The molecule has 0 fully saturated rings. The Morgan fingerprint density at radius 3 is 2.80 bits per heavy atom. The van der Waals surface area contributed by atoms with Gasteiger partial charge in [0.15, 0.2) is 0 Å². The number of hydrogen-bond donors (Lipinski definition) is 2. The molecule has 3 N–H and O–H groups in total. The van der Waals surface area contributed by atoms with Crippen molar-refractivity contribution in [3.8, 4) is 0 Å². The number of benzene rings is 2. The van der Waals surface area contributed by atoms with E-state index in [0.717, 1.165) is 15.1 Å². The van der Waals surface area contributed by atoms with E-state index >= 15 is 0 Å². The highest BCUT2D eigenvalue weighted by atomic mass is 79.9. The number of nitrogen functional groups attached to an aromatic ring is 1. The fraction of sp³-hybridized carbons (Fsp3) is 0.133. The molecule has 0 saturated carbocycles. The van der Waals surface area contributed by atoms with E-state index in [9.17, 15) is 4.79 Å². The van der Waals surface area contributed by atoms with E-state index in [2.05, 4.69) is 27.3 Å². The van der Waals surface area contributed by atoms with Crippen molar-refractivity contribution in [1.82, 2.24) is 0 Å². The standard InChI is InChI=1S/C15H15BrN2OS/c1-10-3-2-4-12(7-10)20-9-15(19)18-14-6-5-11(17)8-13(14)16/h2-8H,9,17H2,1H3,(H,18,19). The highest BCUT2D eigenvalue weighted by Gasteiger charge is 2.06. The van der Waals surface area contributed by atoms with Gasteiger partial charge in [-0.15, -0.1) is 11.8 Å². The van der Waals surface area contributed by atoms with Gasteiger partial charge < -0.3 is 11.1 Å². The third kappa shape index (κ3) is 4.28. The van der Waals surface area contributed by atoms with Crippen LogP contribution in [-0.4, -0.2) is 11.7 Å². The van der Waals surface area contributed by atoms with Crippen LogP contribution in [0.2, 0.25) is 0 Å². The van der Waals surface area contributed by atoms with Crippen molar-refractivity contribution in [2.24, 2.45) is 0 Å². The summed E-state index contributed by atoms with van der Waals surface area (Å²) in [5.41, 5.74) is 8.24. The Labute approximate surface area is 131 Å². The normalized spacial score (nSPS) is 10.3. The van der Waals surface area contributed by atoms with Crippen molar-refractivity contribution in [3.05, 3.63) is 52.5 Å². The molecule has 0 radical (unpaired) electrons. The first-order chi connectivity index (χ1) is 9.54. The van der Waals surface area contributed by atoms with Crippen LogP contribution in [0.3, 0.4) is 0 Å². The molecule has 0 atom stereocenters. The van der Waals surface area contributed by atoms with Gasteiger partial charge in [-0.05, 0) is 53.2 Å². The van der Waals surface area contributed by atoms with Crippen LogP contribution < -0.4 is 11.1 Å². The fourth-order valence-corrected chi connectivity index (χ4v) is 2.98. The number of thioether (sulfide) groups is 1. The summed E-state index contributed by atoms with van der Waals surface area (Å²) in [5.74, 6) is 0.335. The van der Waals surface area contributed by atoms with Gasteiger partial charge in [-0.2, -0.15) is 0 Å². The Balaban J connectivity index is 1.92. The Hall–Kier alpha value is -1.46. The van der Waals surface area contributed by atoms with Crippen molar-refractivity contribution in [2.75, 3.05) is 16.8 Å². The maximum Gasteiger partial charge on any atom is 0.234 e. The second-order valence-corrected chi connectivity index (χ2v) is 6.30. The maximum atomic E-state index is 11.9. The Kier molecular flexibility index (Phi) is 5.09. The van der Waals surface area contributed by atoms with Crippen LogP contribution >= 0.6 is 27.7 Å². The number of amides is 1. The number of nitrogens with two attached hydrogens (primary N) is 1. The number of hydrogen-bond acceptors (Lipinski definition) is 3. The molecule has 2 rings (SSSR count). The summed E-state index contributed by atoms with van der Waals surface area (Å²) in [6.07, 6.45) is 0. The highest BCUT2D eigenvalue weighted by Crippen LogP contribution is 2.25. The molecule has 2 aromatic carbocycles. The third-order valence-corrected chi connectivity index (χ3v) is 4.28. The van der Waals surface area contributed by atoms with Crippen LogP contribution in [0.15, 0.2) is 51.8 Å². The van der Waals surface area contributed by atoms with Crippen molar-refractivity contribution < 1.29 is 4.79 Å². The number of halogens is 1. The number of aryl methyl sites for hydroxylation is 1. The Morgan fingerprint density at radius 2 is 2.10 bits per heavy atom. The Morgan fingerprint density at radius 1 is 1.30 bits per heavy atom. The van der Waals surface area contributed by atoms with Crippen molar-refractivity contribution in [1.29, 1.82) is 0 Å². The van der Waals surface area contributed by atoms with E-state index in [1.807, 2.05) is 25.1 Å². The van der Waals surface area contributed by atoms with Gasteiger partial charge >= 0.3 is 0 Å². The fourth-order valence-electron chi connectivity index (χ4n) is 1.67. The lowest BCUT2D eigenvalue weighted by Gasteiger charge is -2.08. The quantitative estimate of drug-likeness (QED) is 0.645. The molecule has 0 aromatic heterocycles.